The fourth-order valence-electron chi connectivity index (χ4n) is 2.84. The topological polar surface area (TPSA) is 44.4 Å². The second-order valence-electron chi connectivity index (χ2n) is 5.44. The number of hydrogen-bond donors (Lipinski definition) is 2. The van der Waals surface area contributed by atoms with E-state index in [0.29, 0.717) is 0 Å². The van der Waals surface area contributed by atoms with Crippen LogP contribution in [0, 0.1) is 5.92 Å². The average Bonchev–Trinajstić information content (AvgIpc) is 2.82. The van der Waals surface area contributed by atoms with E-state index < -0.39 is 0 Å². The van der Waals surface area contributed by atoms with Gasteiger partial charge in [-0.2, -0.15) is 0 Å². The fourth-order valence-corrected chi connectivity index (χ4v) is 2.84. The maximum Gasteiger partial charge on any atom is 0.223 e. The van der Waals surface area contributed by atoms with Gasteiger partial charge in [-0.25, -0.2) is 0 Å². The molecule has 4 heteroatoms. The molecule has 2 saturated heterocycles. The van der Waals surface area contributed by atoms with Crippen LogP contribution in [0.2, 0.25) is 0 Å². The van der Waals surface area contributed by atoms with Gasteiger partial charge in [0.1, 0.15) is 0 Å². The molecule has 2 aliphatic rings. The number of carbonyl (C=O) groups excluding carboxylic acids is 1. The zero-order valence-corrected chi connectivity index (χ0v) is 10.9. The van der Waals surface area contributed by atoms with E-state index >= 15 is 0 Å². The molecule has 1 atom stereocenters. The van der Waals surface area contributed by atoms with Crippen molar-refractivity contribution in [2.24, 2.45) is 5.92 Å². The number of hydrogen-bond acceptors (Lipinski definition) is 3. The molecule has 0 aromatic carbocycles. The Labute approximate surface area is 104 Å². The standard InChI is InChI=1S/C13H25N3O/c1-11(10-16-8-2-3-9-16)15-13(17)12-4-6-14-7-5-12/h11-12,14H,2-10H2,1H3,(H,15,17). The molecule has 0 spiro atoms. The molecule has 2 fully saturated rings. The van der Waals surface area contributed by atoms with Crippen LogP contribution in [0.4, 0.5) is 0 Å². The highest BCUT2D eigenvalue weighted by Crippen LogP contribution is 2.12. The molecular formula is C13H25N3O. The van der Waals surface area contributed by atoms with Crippen LogP contribution in [0.15, 0.2) is 0 Å². The predicted molar refractivity (Wildman–Crippen MR) is 68.9 cm³/mol. The molecule has 4 nitrogen and oxygen atoms in total. The summed E-state index contributed by atoms with van der Waals surface area (Å²) in [5.41, 5.74) is 0. The molecule has 2 N–H and O–H groups in total. The van der Waals surface area contributed by atoms with E-state index in [4.69, 9.17) is 0 Å². The van der Waals surface area contributed by atoms with Crippen LogP contribution in [0.1, 0.15) is 32.6 Å². The van der Waals surface area contributed by atoms with Gasteiger partial charge >= 0.3 is 0 Å². The first kappa shape index (κ1) is 12.8. The number of nitrogens with zero attached hydrogens (tertiary/aromatic N) is 1. The van der Waals surface area contributed by atoms with E-state index in [1.54, 1.807) is 0 Å². The first-order valence-electron chi connectivity index (χ1n) is 6.99. The largest absolute Gasteiger partial charge is 0.352 e. The maximum absolute atomic E-state index is 12.0. The van der Waals surface area contributed by atoms with Crippen molar-refractivity contribution in [2.45, 2.75) is 38.6 Å². The highest BCUT2D eigenvalue weighted by molar-refractivity contribution is 5.79. The zero-order valence-electron chi connectivity index (χ0n) is 10.9. The Kier molecular flexibility index (Phi) is 4.80. The van der Waals surface area contributed by atoms with Crippen molar-refractivity contribution in [3.05, 3.63) is 0 Å². The lowest BCUT2D eigenvalue weighted by molar-refractivity contribution is -0.126. The van der Waals surface area contributed by atoms with E-state index in [2.05, 4.69) is 22.5 Å². The molecule has 1 unspecified atom stereocenters. The third-order valence-electron chi connectivity index (χ3n) is 3.83. The van der Waals surface area contributed by atoms with Crippen molar-refractivity contribution in [2.75, 3.05) is 32.7 Å². The molecule has 0 aromatic rings. The van der Waals surface area contributed by atoms with Gasteiger partial charge in [-0.05, 0) is 58.8 Å². The Bertz CT molecular complexity index is 245. The van der Waals surface area contributed by atoms with Crippen molar-refractivity contribution in [1.29, 1.82) is 0 Å². The molecule has 0 aliphatic carbocycles. The third-order valence-corrected chi connectivity index (χ3v) is 3.83. The van der Waals surface area contributed by atoms with Crippen LogP contribution < -0.4 is 10.6 Å². The third kappa shape index (κ3) is 3.96. The summed E-state index contributed by atoms with van der Waals surface area (Å²) in [7, 11) is 0. The lowest BCUT2D eigenvalue weighted by Gasteiger charge is -2.26. The van der Waals surface area contributed by atoms with Crippen molar-refractivity contribution >= 4 is 5.91 Å². The minimum atomic E-state index is 0.234. The summed E-state index contributed by atoms with van der Waals surface area (Å²) in [6.45, 7) is 7.51. The van der Waals surface area contributed by atoms with Crippen LogP contribution in [-0.2, 0) is 4.79 Å². The number of carbonyl (C=O) groups is 1. The molecule has 1 amide bonds. The second kappa shape index (κ2) is 6.36. The molecule has 98 valence electrons. The first-order chi connectivity index (χ1) is 8.25. The molecule has 2 rings (SSSR count). The zero-order chi connectivity index (χ0) is 12.1. The highest BCUT2D eigenvalue weighted by atomic mass is 16.1. The van der Waals surface area contributed by atoms with Gasteiger partial charge in [-0.15, -0.1) is 0 Å². The molecule has 2 aliphatic heterocycles. The quantitative estimate of drug-likeness (QED) is 0.754. The molecular weight excluding hydrogens is 214 g/mol. The summed E-state index contributed by atoms with van der Waals surface area (Å²) in [6, 6.07) is 0.287. The Morgan fingerprint density at radius 3 is 2.65 bits per heavy atom. The number of rotatable bonds is 4. The normalized spacial score (nSPS) is 24.8. The summed E-state index contributed by atoms with van der Waals surface area (Å²) in [5.74, 6) is 0.496. The maximum atomic E-state index is 12.0. The lowest BCUT2D eigenvalue weighted by Crippen LogP contribution is -2.45. The van der Waals surface area contributed by atoms with Crippen molar-refractivity contribution in [3.8, 4) is 0 Å². The second-order valence-corrected chi connectivity index (χ2v) is 5.44. The van der Waals surface area contributed by atoms with Gasteiger partial charge in [0.2, 0.25) is 5.91 Å². The van der Waals surface area contributed by atoms with E-state index in [1.165, 1.54) is 25.9 Å². The summed E-state index contributed by atoms with van der Waals surface area (Å²) in [5, 5.41) is 6.46. The average molecular weight is 239 g/mol. The van der Waals surface area contributed by atoms with E-state index in [0.717, 1.165) is 32.5 Å². The summed E-state index contributed by atoms with van der Waals surface area (Å²) >= 11 is 0. The van der Waals surface area contributed by atoms with E-state index in [9.17, 15) is 4.79 Å². The summed E-state index contributed by atoms with van der Waals surface area (Å²) < 4.78 is 0. The molecule has 0 radical (unpaired) electrons. The molecule has 0 saturated carbocycles. The summed E-state index contributed by atoms with van der Waals surface area (Å²) in [4.78, 5) is 14.5. The van der Waals surface area contributed by atoms with Gasteiger partial charge in [-0.1, -0.05) is 0 Å². The van der Waals surface area contributed by atoms with Crippen LogP contribution in [0.3, 0.4) is 0 Å². The van der Waals surface area contributed by atoms with Crippen molar-refractivity contribution in [1.82, 2.24) is 15.5 Å². The first-order valence-corrected chi connectivity index (χ1v) is 6.99. The Hall–Kier alpha value is -0.610. The molecule has 2 heterocycles. The minimum absolute atomic E-state index is 0.234. The van der Waals surface area contributed by atoms with Crippen LogP contribution in [0.25, 0.3) is 0 Å². The van der Waals surface area contributed by atoms with Gasteiger partial charge in [-0.3, -0.25) is 4.79 Å². The summed E-state index contributed by atoms with van der Waals surface area (Å²) in [6.07, 6.45) is 4.61. The molecule has 0 aromatic heterocycles. The van der Waals surface area contributed by atoms with Crippen LogP contribution >= 0.6 is 0 Å². The number of piperidine rings is 1. The number of nitrogens with one attached hydrogen (secondary N) is 2. The van der Waals surface area contributed by atoms with Crippen LogP contribution in [-0.4, -0.2) is 49.6 Å². The Balaban J connectivity index is 1.69. The number of likely N-dealkylation sites (tertiary alicyclic amines) is 1. The predicted octanol–water partition coefficient (Wildman–Crippen LogP) is 0.587. The fraction of sp³-hybridized carbons (Fsp3) is 0.923. The van der Waals surface area contributed by atoms with Gasteiger partial charge < -0.3 is 15.5 Å². The Morgan fingerprint density at radius 2 is 2.00 bits per heavy atom. The van der Waals surface area contributed by atoms with E-state index in [1.807, 2.05) is 0 Å². The number of amides is 1. The van der Waals surface area contributed by atoms with Crippen LogP contribution in [0.5, 0.6) is 0 Å². The van der Waals surface area contributed by atoms with Gasteiger partial charge in [0.15, 0.2) is 0 Å². The van der Waals surface area contributed by atoms with Gasteiger partial charge in [0.05, 0.1) is 0 Å². The highest BCUT2D eigenvalue weighted by Gasteiger charge is 2.23. The smallest absolute Gasteiger partial charge is 0.223 e. The van der Waals surface area contributed by atoms with Gasteiger partial charge in [0, 0.05) is 18.5 Å². The molecule has 0 bridgehead atoms. The lowest BCUT2D eigenvalue weighted by atomic mass is 9.97. The monoisotopic (exact) mass is 239 g/mol. The SMILES string of the molecule is CC(CN1CCCC1)NC(=O)C1CCNCC1. The minimum Gasteiger partial charge on any atom is -0.352 e. The van der Waals surface area contributed by atoms with Crippen molar-refractivity contribution < 1.29 is 4.79 Å². The van der Waals surface area contributed by atoms with E-state index in [-0.39, 0.29) is 17.9 Å². The van der Waals surface area contributed by atoms with Crippen molar-refractivity contribution in [3.63, 3.8) is 0 Å². The molecule has 17 heavy (non-hydrogen) atoms. The van der Waals surface area contributed by atoms with Gasteiger partial charge in [0.25, 0.3) is 0 Å². The Morgan fingerprint density at radius 1 is 1.35 bits per heavy atom.